The molecule has 0 saturated carbocycles. The molecule has 8 nitrogen and oxygen atoms in total. The van der Waals surface area contributed by atoms with Gasteiger partial charge in [-0.1, -0.05) is 142 Å². The van der Waals surface area contributed by atoms with Crippen molar-refractivity contribution >= 4 is 23.4 Å². The molecule has 324 valence electrons. The maximum Gasteiger partial charge on any atom is 0.319 e. The molecule has 0 saturated heterocycles. The van der Waals surface area contributed by atoms with Crippen molar-refractivity contribution in [2.24, 2.45) is 0 Å². The molecule has 57 heavy (non-hydrogen) atoms. The maximum atomic E-state index is 12.6. The van der Waals surface area contributed by atoms with Crippen LogP contribution >= 0.6 is 0 Å². The topological polar surface area (TPSA) is 88.7 Å². The maximum absolute atomic E-state index is 12.6. The molecule has 2 aromatic carbocycles. The van der Waals surface area contributed by atoms with Gasteiger partial charge in [-0.05, 0) is 132 Å². The second-order valence-corrected chi connectivity index (χ2v) is 16.4. The van der Waals surface area contributed by atoms with E-state index in [1.807, 2.05) is 24.3 Å². The highest BCUT2D eigenvalue weighted by atomic mass is 16.2. The van der Waals surface area contributed by atoms with Gasteiger partial charge >= 0.3 is 12.1 Å². The molecule has 2 rings (SSSR count). The summed E-state index contributed by atoms with van der Waals surface area (Å²) in [6.07, 6.45) is 28.7. The second kappa shape index (κ2) is 34.9. The van der Waals surface area contributed by atoms with E-state index in [9.17, 15) is 9.59 Å². The fraction of sp³-hybridized carbons (Fsp3) is 0.714. The molecule has 8 heteroatoms. The van der Waals surface area contributed by atoms with Crippen LogP contribution in [0, 0.1) is 0 Å². The first-order chi connectivity index (χ1) is 28.0. The van der Waals surface area contributed by atoms with Crippen molar-refractivity contribution in [2.45, 2.75) is 175 Å². The van der Waals surface area contributed by atoms with Gasteiger partial charge < -0.3 is 31.1 Å². The lowest BCUT2D eigenvalue weighted by Gasteiger charge is -2.22. The monoisotopic (exact) mass is 791 g/mol. The molecule has 0 fully saturated rings. The zero-order chi connectivity index (χ0) is 41.0. The van der Waals surface area contributed by atoms with Crippen LogP contribution in [-0.4, -0.2) is 74.2 Å². The molecule has 0 aromatic heterocycles. The fourth-order valence-electron chi connectivity index (χ4n) is 7.40. The van der Waals surface area contributed by atoms with Gasteiger partial charge in [-0.25, -0.2) is 9.59 Å². The molecule has 4 amide bonds. The van der Waals surface area contributed by atoms with Crippen LogP contribution in [0.25, 0.3) is 0 Å². The summed E-state index contributed by atoms with van der Waals surface area (Å²) in [6, 6.07) is 15.8. The number of anilines is 2. The number of amides is 4. The first-order valence-electron chi connectivity index (χ1n) is 23.7. The molecule has 0 heterocycles. The SMILES string of the molecule is CCCCCCCN(CCCCCC)CCCCNC(=O)Nc1ccc(Cc2ccc(NC(=O)NCCCCN(CCCCCC)CCCCCCC)cc2)cc1. The molecule has 0 aliphatic heterocycles. The number of hydrogen-bond acceptors (Lipinski definition) is 4. The lowest BCUT2D eigenvalue weighted by atomic mass is 10.0. The minimum atomic E-state index is -0.148. The van der Waals surface area contributed by atoms with Gasteiger partial charge in [-0.15, -0.1) is 0 Å². The Morgan fingerprint density at radius 3 is 0.982 bits per heavy atom. The molecular formula is C49H86N6O2. The van der Waals surface area contributed by atoms with Gasteiger partial charge in [0.05, 0.1) is 0 Å². The van der Waals surface area contributed by atoms with E-state index >= 15 is 0 Å². The summed E-state index contributed by atoms with van der Waals surface area (Å²) in [4.78, 5) is 30.4. The molecule has 0 bridgehead atoms. The Labute approximate surface area is 350 Å². The molecule has 2 aromatic rings. The van der Waals surface area contributed by atoms with Crippen molar-refractivity contribution in [2.75, 3.05) is 63.0 Å². The smallest absolute Gasteiger partial charge is 0.319 e. The second-order valence-electron chi connectivity index (χ2n) is 16.4. The van der Waals surface area contributed by atoms with E-state index in [0.29, 0.717) is 13.1 Å². The summed E-state index contributed by atoms with van der Waals surface area (Å²) in [5.74, 6) is 0. The van der Waals surface area contributed by atoms with Crippen LogP contribution in [0.3, 0.4) is 0 Å². The van der Waals surface area contributed by atoms with Gasteiger partial charge in [0.15, 0.2) is 0 Å². The third-order valence-corrected chi connectivity index (χ3v) is 11.0. The lowest BCUT2D eigenvalue weighted by molar-refractivity contribution is 0.247. The van der Waals surface area contributed by atoms with Crippen LogP contribution in [-0.2, 0) is 6.42 Å². The Bertz CT molecular complexity index is 1140. The van der Waals surface area contributed by atoms with Crippen LogP contribution in [0.1, 0.15) is 180 Å². The van der Waals surface area contributed by atoms with E-state index in [1.54, 1.807) is 0 Å². The van der Waals surface area contributed by atoms with Crippen molar-refractivity contribution in [3.63, 3.8) is 0 Å². The van der Waals surface area contributed by atoms with Crippen LogP contribution in [0.4, 0.5) is 21.0 Å². The van der Waals surface area contributed by atoms with Crippen molar-refractivity contribution in [1.82, 2.24) is 20.4 Å². The Balaban J connectivity index is 1.63. The zero-order valence-electron chi connectivity index (χ0n) is 37.3. The van der Waals surface area contributed by atoms with Gasteiger partial charge in [0, 0.05) is 24.5 Å². The summed E-state index contributed by atoms with van der Waals surface area (Å²) < 4.78 is 0. The minimum absolute atomic E-state index is 0.148. The Morgan fingerprint density at radius 1 is 0.386 bits per heavy atom. The van der Waals surface area contributed by atoms with Gasteiger partial charge in [0.1, 0.15) is 0 Å². The largest absolute Gasteiger partial charge is 0.338 e. The summed E-state index contributed by atoms with van der Waals surface area (Å²) in [6.45, 7) is 17.5. The fourth-order valence-corrected chi connectivity index (χ4v) is 7.40. The number of carbonyl (C=O) groups is 2. The molecule has 0 aliphatic rings. The standard InChI is InChI=1S/C49H86N6O2/c1-5-9-13-17-23-39-54(37-21-15-11-7-3)41-25-19-35-50-48(56)52-46-31-27-44(28-32-46)43-45-29-33-47(34-30-45)53-49(57)51-36-20-26-42-55(38-22-16-12-8-4)40-24-18-14-10-6-2/h27-34H,5-26,35-43H2,1-4H3,(H2,50,52,56)(H2,51,53,57). The molecule has 0 unspecified atom stereocenters. The average molecular weight is 791 g/mol. The number of nitrogens with zero attached hydrogens (tertiary/aromatic N) is 2. The first kappa shape index (κ1) is 50.0. The Morgan fingerprint density at radius 2 is 0.667 bits per heavy atom. The molecule has 0 aliphatic carbocycles. The molecule has 0 spiro atoms. The van der Waals surface area contributed by atoms with E-state index in [1.165, 1.54) is 153 Å². The summed E-state index contributed by atoms with van der Waals surface area (Å²) in [7, 11) is 0. The van der Waals surface area contributed by atoms with Crippen LogP contribution in [0.5, 0.6) is 0 Å². The van der Waals surface area contributed by atoms with Crippen LogP contribution in [0.2, 0.25) is 0 Å². The highest BCUT2D eigenvalue weighted by Crippen LogP contribution is 2.17. The third kappa shape index (κ3) is 27.3. The summed E-state index contributed by atoms with van der Waals surface area (Å²) in [5.41, 5.74) is 3.92. The third-order valence-electron chi connectivity index (χ3n) is 11.0. The minimum Gasteiger partial charge on any atom is -0.338 e. The molecule has 0 atom stereocenters. The zero-order valence-corrected chi connectivity index (χ0v) is 37.3. The van der Waals surface area contributed by atoms with E-state index < -0.39 is 0 Å². The lowest BCUT2D eigenvalue weighted by Crippen LogP contribution is -2.31. The predicted molar refractivity (Wildman–Crippen MR) is 247 cm³/mol. The number of hydrogen-bond donors (Lipinski definition) is 4. The van der Waals surface area contributed by atoms with Crippen LogP contribution in [0.15, 0.2) is 48.5 Å². The number of rotatable bonds is 36. The summed E-state index contributed by atoms with van der Waals surface area (Å²) in [5, 5.41) is 12.0. The Kier molecular flexibility index (Phi) is 30.6. The average Bonchev–Trinajstić information content (AvgIpc) is 3.21. The highest BCUT2D eigenvalue weighted by molar-refractivity contribution is 5.89. The quantitative estimate of drug-likeness (QED) is 0.0518. The van der Waals surface area contributed by atoms with Gasteiger partial charge in [0.25, 0.3) is 0 Å². The Hall–Kier alpha value is -3.10. The van der Waals surface area contributed by atoms with E-state index in [0.717, 1.165) is 56.6 Å². The van der Waals surface area contributed by atoms with Crippen molar-refractivity contribution in [3.8, 4) is 0 Å². The molecule has 4 N–H and O–H groups in total. The van der Waals surface area contributed by atoms with Crippen LogP contribution < -0.4 is 21.3 Å². The number of urea groups is 2. The normalized spacial score (nSPS) is 11.3. The van der Waals surface area contributed by atoms with E-state index in [-0.39, 0.29) is 12.1 Å². The molecular weight excluding hydrogens is 705 g/mol. The van der Waals surface area contributed by atoms with Crippen molar-refractivity contribution in [3.05, 3.63) is 59.7 Å². The number of unbranched alkanes of at least 4 members (excludes halogenated alkanes) is 16. The summed E-state index contributed by atoms with van der Waals surface area (Å²) >= 11 is 0. The van der Waals surface area contributed by atoms with Crippen molar-refractivity contribution in [1.29, 1.82) is 0 Å². The highest BCUT2D eigenvalue weighted by Gasteiger charge is 2.08. The van der Waals surface area contributed by atoms with E-state index in [2.05, 4.69) is 83.0 Å². The molecule has 0 radical (unpaired) electrons. The number of carbonyl (C=O) groups excluding carboxylic acids is 2. The van der Waals surface area contributed by atoms with Gasteiger partial charge in [-0.3, -0.25) is 0 Å². The number of nitrogens with one attached hydrogen (secondary N) is 4. The predicted octanol–water partition coefficient (Wildman–Crippen LogP) is 12.8. The number of benzene rings is 2. The van der Waals surface area contributed by atoms with Gasteiger partial charge in [0.2, 0.25) is 0 Å². The van der Waals surface area contributed by atoms with E-state index in [4.69, 9.17) is 0 Å². The van der Waals surface area contributed by atoms with Crippen molar-refractivity contribution < 1.29 is 9.59 Å². The first-order valence-corrected chi connectivity index (χ1v) is 23.7. The van der Waals surface area contributed by atoms with Gasteiger partial charge in [-0.2, -0.15) is 0 Å².